The lowest BCUT2D eigenvalue weighted by Crippen LogP contribution is -2.52. The summed E-state index contributed by atoms with van der Waals surface area (Å²) >= 11 is 6.18. The van der Waals surface area contributed by atoms with E-state index in [2.05, 4.69) is 46.7 Å². The smallest absolute Gasteiger partial charge is 0.220 e. The molecule has 0 radical (unpaired) electrons. The number of hydrogen-bond acceptors (Lipinski definition) is 6. The first kappa shape index (κ1) is 48.3. The Labute approximate surface area is 371 Å². The molecule has 4 aromatic rings. The maximum Gasteiger partial charge on any atom is 0.220 e. The lowest BCUT2D eigenvalue weighted by atomic mass is 9.74. The summed E-state index contributed by atoms with van der Waals surface area (Å²) in [5, 5.41) is 7.01. The number of likely N-dealkylation sites (N-methyl/N-ethyl adjacent to an activating group) is 2. The van der Waals surface area contributed by atoms with E-state index >= 15 is 0 Å². The molecule has 0 bridgehead atoms. The Hall–Kier alpha value is -4.77. The Morgan fingerprint density at radius 3 is 1.68 bits per heavy atom. The highest BCUT2D eigenvalue weighted by Crippen LogP contribution is 2.37. The molecule has 8 nitrogen and oxygen atoms in total. The first-order valence-electron chi connectivity index (χ1n) is 22.0. The topological polar surface area (TPSA) is 98.8 Å². The fraction of sp³-hybridized carbons (Fsp3) is 0.451. The molecule has 11 heteroatoms. The molecular weight excluding hydrogens is 806 g/mol. The predicted octanol–water partition coefficient (Wildman–Crippen LogP) is 9.82. The van der Waals surface area contributed by atoms with Gasteiger partial charge in [-0.25, -0.2) is 8.78 Å². The van der Waals surface area contributed by atoms with Crippen LogP contribution in [0.3, 0.4) is 0 Å². The monoisotopic (exact) mass is 868 g/mol. The van der Waals surface area contributed by atoms with Crippen molar-refractivity contribution in [2.24, 2.45) is 0 Å². The second-order valence-electron chi connectivity index (χ2n) is 17.6. The minimum Gasteiger partial charge on any atom is -0.353 e. The van der Waals surface area contributed by atoms with Gasteiger partial charge in [-0.3, -0.25) is 19.2 Å². The number of benzene rings is 4. The molecule has 0 saturated heterocycles. The van der Waals surface area contributed by atoms with E-state index in [1.165, 1.54) is 35.9 Å². The van der Waals surface area contributed by atoms with Crippen LogP contribution in [0.2, 0.25) is 5.02 Å². The average molecular weight is 870 g/mol. The SMILES string of the molecule is CN(C)C1(Cc2cccc(Cl)c2)CCC(NC(=O)CCCC(=O)c2ccccc2)CC1.CN(C)C1(Cc2ccccc2F)CCC(NC(=O)CCC(=O)c2ccc(F)cc2)CC1. The second-order valence-corrected chi connectivity index (χ2v) is 18.0. The van der Waals surface area contributed by atoms with Crippen LogP contribution in [0.5, 0.6) is 0 Å². The number of carbonyl (C=O) groups excluding carboxylic acids is 4. The summed E-state index contributed by atoms with van der Waals surface area (Å²) < 4.78 is 27.2. The number of rotatable bonds is 17. The van der Waals surface area contributed by atoms with E-state index in [1.807, 2.05) is 68.7 Å². The first-order valence-corrected chi connectivity index (χ1v) is 22.3. The van der Waals surface area contributed by atoms with Gasteiger partial charge in [0.1, 0.15) is 11.6 Å². The van der Waals surface area contributed by atoms with Gasteiger partial charge in [0.15, 0.2) is 11.6 Å². The summed E-state index contributed by atoms with van der Waals surface area (Å²) in [7, 11) is 8.35. The molecule has 0 aliphatic heterocycles. The van der Waals surface area contributed by atoms with Gasteiger partial charge >= 0.3 is 0 Å². The van der Waals surface area contributed by atoms with Crippen LogP contribution in [0.4, 0.5) is 8.78 Å². The lowest BCUT2D eigenvalue weighted by molar-refractivity contribution is -0.123. The molecular formula is C51H63ClF2N4O4. The number of nitrogens with one attached hydrogen (secondary N) is 2. The molecule has 62 heavy (non-hydrogen) atoms. The van der Waals surface area contributed by atoms with Gasteiger partial charge in [-0.05, 0) is 152 Å². The van der Waals surface area contributed by atoms with Crippen molar-refractivity contribution in [3.8, 4) is 0 Å². The summed E-state index contributed by atoms with van der Waals surface area (Å²) in [5.41, 5.74) is 3.06. The van der Waals surface area contributed by atoms with Crippen molar-refractivity contribution in [1.29, 1.82) is 0 Å². The Kier molecular flexibility index (Phi) is 18.0. The van der Waals surface area contributed by atoms with Crippen LogP contribution in [-0.2, 0) is 22.4 Å². The minimum absolute atomic E-state index is 0.0538. The molecule has 6 rings (SSSR count). The Bertz CT molecular complexity index is 2080. The average Bonchev–Trinajstić information content (AvgIpc) is 3.25. The maximum atomic E-state index is 14.2. The summed E-state index contributed by atoms with van der Waals surface area (Å²) in [6.45, 7) is 0. The molecule has 2 aliphatic carbocycles. The van der Waals surface area contributed by atoms with Crippen molar-refractivity contribution < 1.29 is 28.0 Å². The van der Waals surface area contributed by atoms with Crippen molar-refractivity contribution in [2.75, 3.05) is 28.2 Å². The quantitative estimate of drug-likeness (QED) is 0.103. The van der Waals surface area contributed by atoms with Gasteiger partial charge in [0, 0.05) is 65.0 Å². The molecule has 0 unspecified atom stereocenters. The standard InChI is InChI=1S/C26H33ClN2O2.C25H30F2N2O2/c1-29(2)26(19-20-8-6-11-22(27)18-20)16-14-23(15-17-26)28-25(31)13-7-12-24(30)21-9-4-3-5-10-21;1-29(2)25(17-19-5-3-4-6-22(19)27)15-13-21(14-16-25)28-24(31)12-11-23(30)18-7-9-20(26)10-8-18/h3-6,8-11,18,23H,7,12-17,19H2,1-2H3,(H,28,31);3-10,21H,11-17H2,1-2H3,(H,28,31). The Morgan fingerprint density at radius 2 is 1.11 bits per heavy atom. The van der Waals surface area contributed by atoms with Crippen molar-refractivity contribution >= 4 is 35.0 Å². The van der Waals surface area contributed by atoms with E-state index in [0.717, 1.165) is 73.9 Å². The van der Waals surface area contributed by atoms with Crippen molar-refractivity contribution in [2.45, 2.75) is 119 Å². The molecule has 2 aliphatic rings. The molecule has 0 aromatic heterocycles. The third-order valence-electron chi connectivity index (χ3n) is 13.0. The van der Waals surface area contributed by atoms with E-state index in [0.29, 0.717) is 31.2 Å². The van der Waals surface area contributed by atoms with Crippen LogP contribution < -0.4 is 10.6 Å². The number of nitrogens with zero attached hydrogens (tertiary/aromatic N) is 2. The number of hydrogen-bond donors (Lipinski definition) is 2. The molecule has 332 valence electrons. The van der Waals surface area contributed by atoms with Gasteiger partial charge in [-0.15, -0.1) is 0 Å². The zero-order valence-corrected chi connectivity index (χ0v) is 37.5. The normalized spacial score (nSPS) is 21.1. The summed E-state index contributed by atoms with van der Waals surface area (Å²) in [6, 6.07) is 29.9. The fourth-order valence-electron chi connectivity index (χ4n) is 8.97. The Morgan fingerprint density at radius 1 is 0.597 bits per heavy atom. The second kappa shape index (κ2) is 23.1. The molecule has 2 N–H and O–H groups in total. The molecule has 2 saturated carbocycles. The highest BCUT2D eigenvalue weighted by Gasteiger charge is 2.39. The van der Waals surface area contributed by atoms with Crippen LogP contribution >= 0.6 is 11.6 Å². The minimum atomic E-state index is -0.393. The zero-order chi connectivity index (χ0) is 44.7. The van der Waals surface area contributed by atoms with Crippen LogP contribution in [0, 0.1) is 11.6 Å². The molecule has 0 spiro atoms. The van der Waals surface area contributed by atoms with Gasteiger partial charge in [0.2, 0.25) is 11.8 Å². The van der Waals surface area contributed by atoms with Gasteiger partial charge in [-0.1, -0.05) is 72.3 Å². The zero-order valence-electron chi connectivity index (χ0n) is 36.7. The summed E-state index contributed by atoms with van der Waals surface area (Å²) in [4.78, 5) is 53.6. The molecule has 2 fully saturated rings. The summed E-state index contributed by atoms with van der Waals surface area (Å²) in [6.07, 6.45) is 10.5. The molecule has 0 heterocycles. The molecule has 4 aromatic carbocycles. The van der Waals surface area contributed by atoms with E-state index in [1.54, 1.807) is 6.07 Å². The number of amides is 2. The number of carbonyl (C=O) groups is 4. The van der Waals surface area contributed by atoms with E-state index in [9.17, 15) is 28.0 Å². The third kappa shape index (κ3) is 14.1. The Balaban J connectivity index is 0.000000234. The van der Waals surface area contributed by atoms with Crippen LogP contribution in [0.25, 0.3) is 0 Å². The summed E-state index contributed by atoms with van der Waals surface area (Å²) in [5.74, 6) is -0.733. The van der Waals surface area contributed by atoms with Gasteiger partial charge in [0.05, 0.1) is 0 Å². The maximum absolute atomic E-state index is 14.2. The van der Waals surface area contributed by atoms with Gasteiger partial charge in [0.25, 0.3) is 0 Å². The molecule has 0 atom stereocenters. The number of ketones is 2. The van der Waals surface area contributed by atoms with Crippen molar-refractivity contribution in [3.05, 3.63) is 142 Å². The van der Waals surface area contributed by atoms with Crippen LogP contribution in [0.1, 0.15) is 115 Å². The van der Waals surface area contributed by atoms with Gasteiger partial charge < -0.3 is 20.4 Å². The highest BCUT2D eigenvalue weighted by molar-refractivity contribution is 6.30. The lowest BCUT2D eigenvalue weighted by Gasteiger charge is -2.45. The van der Waals surface area contributed by atoms with Gasteiger partial charge in [-0.2, -0.15) is 0 Å². The largest absolute Gasteiger partial charge is 0.353 e. The van der Waals surface area contributed by atoms with Crippen LogP contribution in [-0.4, -0.2) is 84.5 Å². The third-order valence-corrected chi connectivity index (χ3v) is 13.2. The van der Waals surface area contributed by atoms with E-state index in [-0.39, 0.29) is 65.2 Å². The molecule has 2 amide bonds. The van der Waals surface area contributed by atoms with E-state index < -0.39 is 5.82 Å². The van der Waals surface area contributed by atoms with Crippen LogP contribution in [0.15, 0.2) is 103 Å². The predicted molar refractivity (Wildman–Crippen MR) is 243 cm³/mol. The fourth-order valence-corrected chi connectivity index (χ4v) is 9.18. The van der Waals surface area contributed by atoms with Crippen molar-refractivity contribution in [3.63, 3.8) is 0 Å². The number of Topliss-reactive ketones (excluding diaryl/α,β-unsaturated/α-hetero) is 2. The first-order chi connectivity index (χ1) is 29.7. The van der Waals surface area contributed by atoms with E-state index in [4.69, 9.17) is 11.6 Å². The van der Waals surface area contributed by atoms with Crippen molar-refractivity contribution in [1.82, 2.24) is 20.4 Å². The number of halogens is 3. The highest BCUT2D eigenvalue weighted by atomic mass is 35.5.